The Morgan fingerprint density at radius 2 is 1.89 bits per heavy atom. The van der Waals surface area contributed by atoms with Gasteiger partial charge in [-0.05, 0) is 0 Å². The minimum atomic E-state index is -0.972. The van der Waals surface area contributed by atoms with Crippen molar-refractivity contribution in [3.63, 3.8) is 0 Å². The van der Waals surface area contributed by atoms with E-state index >= 15 is 0 Å². The molecule has 98 valence electrons. The van der Waals surface area contributed by atoms with Crippen LogP contribution >= 0.6 is 0 Å². The molecule has 0 bridgehead atoms. The number of aliphatic hydroxyl groups is 2. The third-order valence-corrected chi connectivity index (χ3v) is 2.79. The van der Waals surface area contributed by atoms with Crippen LogP contribution in [0.4, 0.5) is 0 Å². The first kappa shape index (κ1) is 12.5. The molecule has 2 rings (SSSR count). The Balaban J connectivity index is 2.10. The van der Waals surface area contributed by atoms with Gasteiger partial charge < -0.3 is 15.1 Å². The van der Waals surface area contributed by atoms with E-state index in [0.717, 1.165) is 16.8 Å². The summed E-state index contributed by atoms with van der Waals surface area (Å²) >= 11 is 0. The second kappa shape index (κ2) is 4.75. The Bertz CT molecular complexity index is 553. The highest BCUT2D eigenvalue weighted by molar-refractivity contribution is 5.76. The van der Waals surface area contributed by atoms with Gasteiger partial charge in [0.15, 0.2) is 0 Å². The summed E-state index contributed by atoms with van der Waals surface area (Å²) in [5.74, 6) is -0.449. The second-order valence-corrected chi connectivity index (χ2v) is 4.17. The standard InChI is InChI=1S/C10H13N3O5/c14-6-3-12(4-7(6)15)10(18)5-13-9(17)2-1-8(16)11-13/h1-2,6-7,14-15H,3-5H2,(H,11,16). The molecule has 1 aliphatic heterocycles. The fraction of sp³-hybridized carbons (Fsp3) is 0.500. The van der Waals surface area contributed by atoms with Gasteiger partial charge in [0, 0.05) is 25.2 Å². The molecule has 18 heavy (non-hydrogen) atoms. The molecule has 0 saturated carbocycles. The third-order valence-electron chi connectivity index (χ3n) is 2.79. The van der Waals surface area contributed by atoms with Crippen molar-refractivity contribution >= 4 is 5.91 Å². The van der Waals surface area contributed by atoms with Gasteiger partial charge in [-0.1, -0.05) is 0 Å². The molecular formula is C10H13N3O5. The lowest BCUT2D eigenvalue weighted by atomic mass is 10.3. The minimum absolute atomic E-state index is 0.0197. The number of amides is 1. The van der Waals surface area contributed by atoms with Gasteiger partial charge in [-0.2, -0.15) is 0 Å². The van der Waals surface area contributed by atoms with Crippen LogP contribution < -0.4 is 11.1 Å². The van der Waals surface area contributed by atoms with Crippen molar-refractivity contribution in [2.24, 2.45) is 0 Å². The number of β-amino-alcohol motifs (C(OH)–C–C–N with tert-alkyl or cyclic N) is 2. The highest BCUT2D eigenvalue weighted by Crippen LogP contribution is 2.10. The van der Waals surface area contributed by atoms with Gasteiger partial charge in [0.1, 0.15) is 6.54 Å². The number of nitrogens with one attached hydrogen (secondary N) is 1. The van der Waals surface area contributed by atoms with E-state index in [1.165, 1.54) is 4.90 Å². The van der Waals surface area contributed by atoms with E-state index in [9.17, 15) is 24.6 Å². The molecule has 1 aromatic heterocycles. The maximum Gasteiger partial charge on any atom is 0.265 e. The van der Waals surface area contributed by atoms with E-state index in [2.05, 4.69) is 5.10 Å². The number of hydrogen-bond acceptors (Lipinski definition) is 5. The van der Waals surface area contributed by atoms with Crippen LogP contribution in [-0.2, 0) is 11.3 Å². The zero-order valence-electron chi connectivity index (χ0n) is 9.44. The van der Waals surface area contributed by atoms with E-state index in [1.807, 2.05) is 0 Å². The van der Waals surface area contributed by atoms with Crippen molar-refractivity contribution in [1.29, 1.82) is 0 Å². The first-order valence-electron chi connectivity index (χ1n) is 5.41. The molecule has 1 fully saturated rings. The van der Waals surface area contributed by atoms with Crippen LogP contribution in [0.3, 0.4) is 0 Å². The van der Waals surface area contributed by atoms with Crippen molar-refractivity contribution in [1.82, 2.24) is 14.7 Å². The summed E-state index contributed by atoms with van der Waals surface area (Å²) in [6, 6.07) is 2.15. The molecule has 1 aliphatic rings. The normalized spacial score (nSPS) is 23.3. The van der Waals surface area contributed by atoms with Gasteiger partial charge in [0.2, 0.25) is 5.91 Å². The van der Waals surface area contributed by atoms with E-state index in [1.54, 1.807) is 0 Å². The molecule has 8 heteroatoms. The number of hydrogen-bond donors (Lipinski definition) is 3. The molecule has 2 heterocycles. The summed E-state index contributed by atoms with van der Waals surface area (Å²) in [6.07, 6.45) is -1.94. The SMILES string of the molecule is O=C(Cn1[nH]c(=O)ccc1=O)N1CC(O)C(O)C1. The van der Waals surface area contributed by atoms with Crippen molar-refractivity contribution < 1.29 is 15.0 Å². The minimum Gasteiger partial charge on any atom is -0.388 e. The van der Waals surface area contributed by atoms with Gasteiger partial charge in [0.05, 0.1) is 12.2 Å². The quantitative estimate of drug-likeness (QED) is 0.524. The predicted octanol–water partition coefficient (Wildman–Crippen LogP) is -2.90. The molecule has 8 nitrogen and oxygen atoms in total. The molecule has 0 aromatic carbocycles. The number of likely N-dealkylation sites (tertiary alicyclic amines) is 1. The number of aliphatic hydroxyl groups excluding tert-OH is 2. The number of aromatic amines is 1. The maximum atomic E-state index is 11.8. The lowest BCUT2D eigenvalue weighted by Gasteiger charge is -2.15. The molecule has 1 saturated heterocycles. The van der Waals surface area contributed by atoms with Crippen LogP contribution in [0.2, 0.25) is 0 Å². The third kappa shape index (κ3) is 2.49. The lowest BCUT2D eigenvalue weighted by molar-refractivity contribution is -0.131. The number of nitrogens with zero attached hydrogens (tertiary/aromatic N) is 2. The van der Waals surface area contributed by atoms with Crippen LogP contribution in [0, 0.1) is 0 Å². The smallest absolute Gasteiger partial charge is 0.265 e. The summed E-state index contributed by atoms with van der Waals surface area (Å²) in [5, 5.41) is 20.9. The average molecular weight is 255 g/mol. The topological polar surface area (TPSA) is 116 Å². The van der Waals surface area contributed by atoms with Crippen molar-refractivity contribution in [2.75, 3.05) is 13.1 Å². The van der Waals surface area contributed by atoms with Crippen LogP contribution in [0.1, 0.15) is 0 Å². The summed E-state index contributed by atoms with van der Waals surface area (Å²) in [7, 11) is 0. The summed E-state index contributed by atoms with van der Waals surface area (Å²) in [6.45, 7) is -0.286. The van der Waals surface area contributed by atoms with Gasteiger partial charge in [-0.15, -0.1) is 0 Å². The molecule has 2 atom stereocenters. The van der Waals surface area contributed by atoms with E-state index in [4.69, 9.17) is 0 Å². The summed E-state index contributed by atoms with van der Waals surface area (Å²) < 4.78 is 0.891. The fourth-order valence-corrected chi connectivity index (χ4v) is 1.79. The zero-order valence-corrected chi connectivity index (χ0v) is 9.44. The summed E-state index contributed by atoms with van der Waals surface area (Å²) in [5.41, 5.74) is -0.980. The van der Waals surface area contributed by atoms with Crippen LogP contribution in [0.5, 0.6) is 0 Å². The van der Waals surface area contributed by atoms with Gasteiger partial charge >= 0.3 is 0 Å². The second-order valence-electron chi connectivity index (χ2n) is 4.17. The van der Waals surface area contributed by atoms with Gasteiger partial charge in [0.25, 0.3) is 11.1 Å². The Morgan fingerprint density at radius 1 is 1.28 bits per heavy atom. The van der Waals surface area contributed by atoms with Crippen LogP contribution in [0.15, 0.2) is 21.7 Å². The predicted molar refractivity (Wildman–Crippen MR) is 59.9 cm³/mol. The number of carbonyl (C=O) groups excluding carboxylic acids is 1. The first-order valence-corrected chi connectivity index (χ1v) is 5.41. The molecular weight excluding hydrogens is 242 g/mol. The Kier molecular flexibility index (Phi) is 3.30. The largest absolute Gasteiger partial charge is 0.388 e. The highest BCUT2D eigenvalue weighted by atomic mass is 16.3. The number of rotatable bonds is 2. The van der Waals surface area contributed by atoms with Crippen molar-refractivity contribution in [3.05, 3.63) is 32.8 Å². The van der Waals surface area contributed by atoms with E-state index in [0.29, 0.717) is 0 Å². The maximum absolute atomic E-state index is 11.8. The van der Waals surface area contributed by atoms with Crippen molar-refractivity contribution in [2.45, 2.75) is 18.8 Å². The van der Waals surface area contributed by atoms with E-state index in [-0.39, 0.29) is 19.6 Å². The fourth-order valence-electron chi connectivity index (χ4n) is 1.79. The molecule has 2 unspecified atom stereocenters. The van der Waals surface area contributed by atoms with Crippen LogP contribution in [-0.4, -0.2) is 56.1 Å². The Hall–Kier alpha value is -1.93. The van der Waals surface area contributed by atoms with Gasteiger partial charge in [-0.25, -0.2) is 4.68 Å². The molecule has 0 radical (unpaired) electrons. The summed E-state index contributed by atoms with van der Waals surface area (Å²) in [4.78, 5) is 35.4. The Labute approximate surface area is 101 Å². The lowest BCUT2D eigenvalue weighted by Crippen LogP contribution is -2.38. The average Bonchev–Trinajstić information content (AvgIpc) is 2.64. The molecule has 1 amide bonds. The first-order chi connectivity index (χ1) is 8.47. The number of aromatic nitrogens is 2. The molecule has 1 aromatic rings. The molecule has 0 aliphatic carbocycles. The van der Waals surface area contributed by atoms with Crippen LogP contribution in [0.25, 0.3) is 0 Å². The molecule has 0 spiro atoms. The van der Waals surface area contributed by atoms with E-state index < -0.39 is 29.2 Å². The number of H-pyrrole nitrogens is 1. The monoisotopic (exact) mass is 255 g/mol. The Morgan fingerprint density at radius 3 is 2.50 bits per heavy atom. The zero-order chi connectivity index (χ0) is 13.3. The molecule has 3 N–H and O–H groups in total. The van der Waals surface area contributed by atoms with Gasteiger partial charge in [-0.3, -0.25) is 19.5 Å². The number of carbonyl (C=O) groups is 1. The van der Waals surface area contributed by atoms with Crippen molar-refractivity contribution in [3.8, 4) is 0 Å². The highest BCUT2D eigenvalue weighted by Gasteiger charge is 2.32.